The van der Waals surface area contributed by atoms with E-state index in [0.29, 0.717) is 0 Å². The maximum Gasteiger partial charge on any atom is 0.237 e. The minimum Gasteiger partial charge on any atom is -0.325 e. The normalized spacial score (nSPS) is 12.2. The van der Waals surface area contributed by atoms with Crippen LogP contribution in [0.2, 0.25) is 0 Å². The topological polar surface area (TPSA) is 32.3 Å². The molecule has 0 aromatic heterocycles. The third-order valence-corrected chi connectivity index (χ3v) is 4.69. The summed E-state index contributed by atoms with van der Waals surface area (Å²) in [5.74, 6) is 0.895. The van der Waals surface area contributed by atoms with Crippen LogP contribution in [-0.2, 0) is 17.1 Å². The van der Waals surface area contributed by atoms with Gasteiger partial charge in [0.25, 0.3) is 0 Å². The Labute approximate surface area is 143 Å². The van der Waals surface area contributed by atoms with Gasteiger partial charge in [0.2, 0.25) is 5.91 Å². The van der Waals surface area contributed by atoms with Gasteiger partial charge in [0.05, 0.1) is 5.25 Å². The summed E-state index contributed by atoms with van der Waals surface area (Å²) in [6, 6.07) is 18.2. The highest BCUT2D eigenvalue weighted by Crippen LogP contribution is 2.21. The summed E-state index contributed by atoms with van der Waals surface area (Å²) in [5, 5.41) is 2.97. The molecule has 0 bridgehead atoms. The molecule has 0 saturated carbocycles. The molecule has 4 heteroatoms. The molecule has 2 rings (SSSR count). The van der Waals surface area contributed by atoms with Gasteiger partial charge in [-0.3, -0.25) is 4.79 Å². The van der Waals surface area contributed by atoms with Gasteiger partial charge in [0, 0.05) is 18.0 Å². The predicted octanol–water partition coefficient (Wildman–Crippen LogP) is 4.01. The third-order valence-electron chi connectivity index (χ3n) is 3.47. The number of anilines is 1. The van der Waals surface area contributed by atoms with Gasteiger partial charge in [-0.1, -0.05) is 48.5 Å². The molecule has 2 aromatic rings. The Morgan fingerprint density at radius 1 is 1.09 bits per heavy atom. The molecule has 23 heavy (non-hydrogen) atoms. The average Bonchev–Trinajstić information content (AvgIpc) is 2.55. The second-order valence-electron chi connectivity index (χ2n) is 5.82. The Morgan fingerprint density at radius 2 is 1.74 bits per heavy atom. The quantitative estimate of drug-likeness (QED) is 0.833. The van der Waals surface area contributed by atoms with Crippen molar-refractivity contribution in [2.75, 3.05) is 19.4 Å². The molecule has 0 radical (unpaired) electrons. The summed E-state index contributed by atoms with van der Waals surface area (Å²) in [5.41, 5.74) is 3.27. The number of carbonyl (C=O) groups excluding carboxylic acids is 1. The van der Waals surface area contributed by atoms with Crippen molar-refractivity contribution >= 4 is 23.4 Å². The Bertz CT molecular complexity index is 628. The van der Waals surface area contributed by atoms with Gasteiger partial charge in [0.1, 0.15) is 0 Å². The summed E-state index contributed by atoms with van der Waals surface area (Å²) in [4.78, 5) is 14.5. The van der Waals surface area contributed by atoms with Crippen LogP contribution in [0.25, 0.3) is 0 Å². The molecule has 1 N–H and O–H groups in total. The molecule has 0 aliphatic rings. The molecule has 0 heterocycles. The molecule has 2 aromatic carbocycles. The molecule has 0 spiro atoms. The van der Waals surface area contributed by atoms with Crippen LogP contribution in [0.15, 0.2) is 54.6 Å². The number of rotatable bonds is 7. The number of para-hydroxylation sites is 1. The molecule has 1 atom stereocenters. The highest BCUT2D eigenvalue weighted by molar-refractivity contribution is 7.99. The molecular weight excluding hydrogens is 304 g/mol. The van der Waals surface area contributed by atoms with E-state index in [-0.39, 0.29) is 11.2 Å². The van der Waals surface area contributed by atoms with Crippen LogP contribution in [0.1, 0.15) is 18.1 Å². The first kappa shape index (κ1) is 17.6. The minimum atomic E-state index is -0.0948. The van der Waals surface area contributed by atoms with E-state index in [0.717, 1.165) is 23.5 Å². The van der Waals surface area contributed by atoms with Gasteiger partial charge in [-0.15, -0.1) is 11.8 Å². The van der Waals surface area contributed by atoms with E-state index in [9.17, 15) is 4.79 Å². The van der Waals surface area contributed by atoms with Crippen molar-refractivity contribution in [2.45, 2.75) is 24.5 Å². The summed E-state index contributed by atoms with van der Waals surface area (Å²) in [6.45, 7) is 2.76. The number of carbonyl (C=O) groups is 1. The molecule has 0 aliphatic heterocycles. The Hall–Kier alpha value is -1.78. The van der Waals surface area contributed by atoms with Crippen LogP contribution in [0.4, 0.5) is 5.69 Å². The number of amides is 1. The van der Waals surface area contributed by atoms with Gasteiger partial charge in [-0.2, -0.15) is 0 Å². The molecule has 1 unspecified atom stereocenters. The second-order valence-corrected chi connectivity index (χ2v) is 7.15. The van der Waals surface area contributed by atoms with E-state index in [1.54, 1.807) is 11.8 Å². The van der Waals surface area contributed by atoms with Gasteiger partial charge in [0.15, 0.2) is 0 Å². The summed E-state index contributed by atoms with van der Waals surface area (Å²) in [6.07, 6.45) is 0. The zero-order valence-corrected chi connectivity index (χ0v) is 14.8. The molecule has 0 fully saturated rings. The predicted molar refractivity (Wildman–Crippen MR) is 99.7 cm³/mol. The van der Waals surface area contributed by atoms with Crippen LogP contribution in [0.5, 0.6) is 0 Å². The molecule has 0 saturated heterocycles. The lowest BCUT2D eigenvalue weighted by molar-refractivity contribution is -0.115. The first-order valence-electron chi connectivity index (χ1n) is 7.75. The second kappa shape index (κ2) is 8.75. The van der Waals surface area contributed by atoms with Gasteiger partial charge in [-0.25, -0.2) is 0 Å². The van der Waals surface area contributed by atoms with Crippen molar-refractivity contribution in [3.05, 3.63) is 65.7 Å². The van der Waals surface area contributed by atoms with Crippen molar-refractivity contribution in [3.63, 3.8) is 0 Å². The number of benzene rings is 2. The van der Waals surface area contributed by atoms with E-state index >= 15 is 0 Å². The Balaban J connectivity index is 1.93. The lowest BCUT2D eigenvalue weighted by Gasteiger charge is -2.17. The summed E-state index contributed by atoms with van der Waals surface area (Å²) < 4.78 is 0. The molecular formula is C19H24N2OS. The highest BCUT2D eigenvalue weighted by atomic mass is 32.2. The van der Waals surface area contributed by atoms with E-state index in [1.807, 2.05) is 57.4 Å². The Morgan fingerprint density at radius 3 is 2.43 bits per heavy atom. The SMILES string of the molecule is CC(SCc1ccccc1)C(=O)Nc1ccccc1CN(C)C. The van der Waals surface area contributed by atoms with Gasteiger partial charge >= 0.3 is 0 Å². The first-order valence-corrected chi connectivity index (χ1v) is 8.80. The molecule has 3 nitrogen and oxygen atoms in total. The molecule has 0 aliphatic carbocycles. The number of nitrogens with zero attached hydrogens (tertiary/aromatic N) is 1. The van der Waals surface area contributed by atoms with Crippen LogP contribution < -0.4 is 5.32 Å². The monoisotopic (exact) mass is 328 g/mol. The van der Waals surface area contributed by atoms with Crippen LogP contribution in [0, 0.1) is 0 Å². The maximum atomic E-state index is 12.4. The first-order chi connectivity index (χ1) is 11.1. The summed E-state index contributed by atoms with van der Waals surface area (Å²) in [7, 11) is 4.05. The Kier molecular flexibility index (Phi) is 6.68. The van der Waals surface area contributed by atoms with Gasteiger partial charge in [-0.05, 0) is 38.2 Å². The zero-order valence-electron chi connectivity index (χ0n) is 14.0. The number of hydrogen-bond donors (Lipinski definition) is 1. The van der Waals surface area contributed by atoms with Crippen molar-refractivity contribution in [2.24, 2.45) is 0 Å². The van der Waals surface area contributed by atoms with E-state index < -0.39 is 0 Å². The van der Waals surface area contributed by atoms with Crippen molar-refractivity contribution in [1.29, 1.82) is 0 Å². The molecule has 122 valence electrons. The van der Waals surface area contributed by atoms with Crippen molar-refractivity contribution in [1.82, 2.24) is 4.90 Å². The van der Waals surface area contributed by atoms with Crippen LogP contribution in [0.3, 0.4) is 0 Å². The number of nitrogens with one attached hydrogen (secondary N) is 1. The van der Waals surface area contributed by atoms with E-state index in [4.69, 9.17) is 0 Å². The third kappa shape index (κ3) is 5.73. The zero-order chi connectivity index (χ0) is 16.7. The fourth-order valence-electron chi connectivity index (χ4n) is 2.23. The number of thioether (sulfide) groups is 1. The van der Waals surface area contributed by atoms with Crippen molar-refractivity contribution < 1.29 is 4.79 Å². The fourth-order valence-corrected chi connectivity index (χ4v) is 3.07. The average molecular weight is 328 g/mol. The minimum absolute atomic E-state index is 0.0529. The molecule has 1 amide bonds. The smallest absolute Gasteiger partial charge is 0.237 e. The highest BCUT2D eigenvalue weighted by Gasteiger charge is 2.15. The standard InChI is InChI=1S/C19H24N2OS/c1-15(23-14-16-9-5-4-6-10-16)19(22)20-18-12-8-7-11-17(18)13-21(2)3/h4-12,15H,13-14H2,1-3H3,(H,20,22). The van der Waals surface area contributed by atoms with Crippen molar-refractivity contribution in [3.8, 4) is 0 Å². The van der Waals surface area contributed by atoms with Crippen LogP contribution in [-0.4, -0.2) is 30.2 Å². The largest absolute Gasteiger partial charge is 0.325 e. The van der Waals surface area contributed by atoms with Crippen LogP contribution >= 0.6 is 11.8 Å². The lowest BCUT2D eigenvalue weighted by Crippen LogP contribution is -2.24. The van der Waals surface area contributed by atoms with Gasteiger partial charge < -0.3 is 10.2 Å². The fraction of sp³-hybridized carbons (Fsp3) is 0.316. The number of hydrogen-bond acceptors (Lipinski definition) is 3. The summed E-state index contributed by atoms with van der Waals surface area (Å²) >= 11 is 1.65. The van der Waals surface area contributed by atoms with E-state index in [2.05, 4.69) is 28.4 Å². The maximum absolute atomic E-state index is 12.4. The van der Waals surface area contributed by atoms with E-state index in [1.165, 1.54) is 5.56 Å². The lowest BCUT2D eigenvalue weighted by atomic mass is 10.1.